The van der Waals surface area contributed by atoms with Gasteiger partial charge >= 0.3 is 0 Å². The van der Waals surface area contributed by atoms with Crippen LogP contribution in [0.3, 0.4) is 0 Å². The quantitative estimate of drug-likeness (QED) is 0.392. The molecule has 1 saturated heterocycles. The topological polar surface area (TPSA) is 109 Å². The molecule has 1 fully saturated rings. The summed E-state index contributed by atoms with van der Waals surface area (Å²) in [6, 6.07) is 0. The predicted molar refractivity (Wildman–Crippen MR) is 135 cm³/mol. The molecule has 0 N–H and O–H groups in total. The predicted octanol–water partition coefficient (Wildman–Crippen LogP) is 3.23. The summed E-state index contributed by atoms with van der Waals surface area (Å²) in [4.78, 5) is 28.6. The van der Waals surface area contributed by atoms with Crippen LogP contribution in [0.5, 0.6) is 5.88 Å². The van der Waals surface area contributed by atoms with E-state index in [0.717, 1.165) is 35.7 Å². The maximum Gasteiger partial charge on any atom is 0.257 e. The molecule has 0 bridgehead atoms. The van der Waals surface area contributed by atoms with E-state index in [1.54, 1.807) is 10.9 Å². The number of nitrogens with zero attached hydrogens (tertiary/aromatic N) is 9. The maximum absolute atomic E-state index is 13.2. The second-order valence-electron chi connectivity index (χ2n) is 8.97. The van der Waals surface area contributed by atoms with E-state index in [4.69, 9.17) is 9.72 Å². The van der Waals surface area contributed by atoms with Gasteiger partial charge in [-0.15, -0.1) is 0 Å². The highest BCUT2D eigenvalue weighted by Gasteiger charge is 2.31. The number of allylic oxidation sites excluding steroid dienone is 1. The Hall–Kier alpha value is -4.02. The monoisotopic (exact) mass is 489 g/mol. The van der Waals surface area contributed by atoms with E-state index in [9.17, 15) is 4.79 Å². The number of fused-ring (bicyclic) bond motifs is 1. The van der Waals surface area contributed by atoms with Crippen molar-refractivity contribution in [2.45, 2.75) is 53.2 Å². The van der Waals surface area contributed by atoms with Crippen molar-refractivity contribution in [3.63, 3.8) is 0 Å². The number of rotatable bonds is 7. The molecule has 4 aromatic rings. The lowest BCUT2D eigenvalue weighted by Crippen LogP contribution is -2.31. The summed E-state index contributed by atoms with van der Waals surface area (Å²) in [5, 5.41) is 8.78. The lowest BCUT2D eigenvalue weighted by molar-refractivity contribution is 0.0771. The number of carbonyl (C=O) groups excluding carboxylic acids is 1. The minimum absolute atomic E-state index is 0.0360. The molecule has 4 aromatic heterocycles. The maximum atomic E-state index is 13.2. The first-order valence-corrected chi connectivity index (χ1v) is 12.3. The Morgan fingerprint density at radius 3 is 2.75 bits per heavy atom. The lowest BCUT2D eigenvalue weighted by atomic mass is 10.2. The highest BCUT2D eigenvalue weighted by Crippen LogP contribution is 2.30. The number of ether oxygens (including phenoxy) is 1. The van der Waals surface area contributed by atoms with Gasteiger partial charge in [-0.25, -0.2) is 14.6 Å². The third kappa shape index (κ3) is 4.04. The summed E-state index contributed by atoms with van der Waals surface area (Å²) in [7, 11) is 1.93. The van der Waals surface area contributed by atoms with Crippen molar-refractivity contribution in [1.82, 2.24) is 44.0 Å². The number of imidazole rings is 1. The first kappa shape index (κ1) is 23.7. The van der Waals surface area contributed by atoms with E-state index < -0.39 is 0 Å². The van der Waals surface area contributed by atoms with Crippen molar-refractivity contribution in [2.24, 2.45) is 7.05 Å². The molecule has 5 rings (SSSR count). The van der Waals surface area contributed by atoms with E-state index in [2.05, 4.69) is 34.0 Å². The normalized spacial score (nSPS) is 16.0. The zero-order valence-electron chi connectivity index (χ0n) is 21.3. The van der Waals surface area contributed by atoms with Gasteiger partial charge in [0, 0.05) is 38.5 Å². The van der Waals surface area contributed by atoms with Crippen molar-refractivity contribution in [2.75, 3.05) is 13.1 Å². The van der Waals surface area contributed by atoms with Gasteiger partial charge in [0.25, 0.3) is 5.91 Å². The number of hydrogen-bond donors (Lipinski definition) is 0. The van der Waals surface area contributed by atoms with E-state index in [1.165, 1.54) is 6.33 Å². The fourth-order valence-corrected chi connectivity index (χ4v) is 4.62. The molecular weight excluding hydrogens is 458 g/mol. The second-order valence-corrected chi connectivity index (χ2v) is 8.97. The van der Waals surface area contributed by atoms with Crippen LogP contribution in [0.25, 0.3) is 28.8 Å². The smallest absolute Gasteiger partial charge is 0.257 e. The van der Waals surface area contributed by atoms with Crippen LogP contribution in [0.4, 0.5) is 0 Å². The van der Waals surface area contributed by atoms with Gasteiger partial charge in [0.1, 0.15) is 18.3 Å². The summed E-state index contributed by atoms with van der Waals surface area (Å²) in [5.41, 5.74) is 4.72. The standard InChI is InChI=1S/C25H31N9O2/c1-6-8-10-34-17(4)20(13-29-34)25(35)32-11-9-18(14-32)36-24-21-23(26-15-27-24)31(5)22(30-21)19-12-28-33(7-2)16(19)3/h8,10,12-13,15,18H,6-7,9,11,14H2,1-5H3. The molecule has 0 saturated carbocycles. The molecule has 0 radical (unpaired) electrons. The summed E-state index contributed by atoms with van der Waals surface area (Å²) in [5.74, 6) is 1.15. The number of hydrogen-bond acceptors (Lipinski definition) is 7. The first-order chi connectivity index (χ1) is 17.4. The van der Waals surface area contributed by atoms with Crippen LogP contribution in [0.1, 0.15) is 48.4 Å². The van der Waals surface area contributed by atoms with Crippen molar-refractivity contribution < 1.29 is 9.53 Å². The van der Waals surface area contributed by atoms with Crippen molar-refractivity contribution in [3.8, 4) is 17.3 Å². The number of aryl methyl sites for hydroxylation is 2. The zero-order chi connectivity index (χ0) is 25.4. The van der Waals surface area contributed by atoms with Gasteiger partial charge in [-0.3, -0.25) is 9.48 Å². The number of likely N-dealkylation sites (tertiary alicyclic amines) is 1. The molecule has 1 amide bonds. The molecule has 0 aromatic carbocycles. The molecule has 1 aliphatic heterocycles. The fraction of sp³-hybridized carbons (Fsp3) is 0.440. The molecule has 11 heteroatoms. The number of amides is 1. The molecule has 0 spiro atoms. The summed E-state index contributed by atoms with van der Waals surface area (Å²) < 4.78 is 11.9. The molecule has 1 atom stereocenters. The second kappa shape index (κ2) is 9.56. The van der Waals surface area contributed by atoms with Crippen LogP contribution >= 0.6 is 0 Å². The van der Waals surface area contributed by atoms with Crippen molar-refractivity contribution in [1.29, 1.82) is 0 Å². The minimum atomic E-state index is -0.183. The van der Waals surface area contributed by atoms with Gasteiger partial charge in [-0.1, -0.05) is 13.0 Å². The van der Waals surface area contributed by atoms with E-state index in [0.29, 0.717) is 42.1 Å². The Morgan fingerprint density at radius 2 is 2.00 bits per heavy atom. The van der Waals surface area contributed by atoms with Gasteiger partial charge in [-0.2, -0.15) is 15.2 Å². The molecule has 36 heavy (non-hydrogen) atoms. The molecule has 0 aliphatic carbocycles. The Bertz CT molecular complexity index is 1450. The summed E-state index contributed by atoms with van der Waals surface area (Å²) in [6.07, 6.45) is 10.3. The van der Waals surface area contributed by atoms with Gasteiger partial charge in [0.15, 0.2) is 11.2 Å². The van der Waals surface area contributed by atoms with Crippen LogP contribution in [-0.4, -0.2) is 69.1 Å². The number of aromatic nitrogens is 8. The molecular formula is C25H31N9O2. The number of carbonyl (C=O) groups is 1. The molecule has 11 nitrogen and oxygen atoms in total. The van der Waals surface area contributed by atoms with E-state index >= 15 is 0 Å². The highest BCUT2D eigenvalue weighted by atomic mass is 16.5. The third-order valence-corrected chi connectivity index (χ3v) is 6.73. The molecule has 188 valence electrons. The fourth-order valence-electron chi connectivity index (χ4n) is 4.62. The Labute approximate surface area is 209 Å². The molecule has 1 aliphatic rings. The van der Waals surface area contributed by atoms with E-state index in [-0.39, 0.29) is 12.0 Å². The van der Waals surface area contributed by atoms with Gasteiger partial charge < -0.3 is 14.2 Å². The Kier molecular flexibility index (Phi) is 6.29. The largest absolute Gasteiger partial charge is 0.471 e. The minimum Gasteiger partial charge on any atom is -0.471 e. The zero-order valence-corrected chi connectivity index (χ0v) is 21.3. The first-order valence-electron chi connectivity index (χ1n) is 12.3. The van der Waals surface area contributed by atoms with Gasteiger partial charge in [-0.05, 0) is 27.2 Å². The Morgan fingerprint density at radius 1 is 1.17 bits per heavy atom. The van der Waals surface area contributed by atoms with Crippen LogP contribution in [0.15, 0.2) is 24.8 Å². The Balaban J connectivity index is 1.35. The summed E-state index contributed by atoms with van der Waals surface area (Å²) in [6.45, 7) is 9.93. The van der Waals surface area contributed by atoms with E-state index in [1.807, 2.05) is 53.5 Å². The van der Waals surface area contributed by atoms with Crippen LogP contribution in [0, 0.1) is 13.8 Å². The highest BCUT2D eigenvalue weighted by molar-refractivity contribution is 5.95. The molecule has 1 unspecified atom stereocenters. The van der Waals surface area contributed by atoms with Crippen molar-refractivity contribution >= 4 is 23.3 Å². The lowest BCUT2D eigenvalue weighted by Gasteiger charge is -2.16. The average molecular weight is 490 g/mol. The van der Waals surface area contributed by atoms with Gasteiger partial charge in [0.2, 0.25) is 5.88 Å². The van der Waals surface area contributed by atoms with Crippen LogP contribution < -0.4 is 4.74 Å². The van der Waals surface area contributed by atoms with Crippen molar-refractivity contribution in [3.05, 3.63) is 41.7 Å². The molecule has 5 heterocycles. The average Bonchev–Trinajstić information content (AvgIpc) is 3.65. The van der Waals surface area contributed by atoms with Crippen LogP contribution in [0.2, 0.25) is 0 Å². The SMILES string of the molecule is CCC=Cn1ncc(C(=O)N2CCC(Oc3ncnc4c3nc(-c3cnn(CC)c3C)n4C)C2)c1C. The van der Waals surface area contributed by atoms with Gasteiger partial charge in [0.05, 0.1) is 35.8 Å². The third-order valence-electron chi connectivity index (χ3n) is 6.73. The van der Waals surface area contributed by atoms with Crippen LogP contribution in [-0.2, 0) is 13.6 Å². The summed E-state index contributed by atoms with van der Waals surface area (Å²) >= 11 is 0.